The molecule has 0 unspecified atom stereocenters. The van der Waals surface area contributed by atoms with Gasteiger partial charge in [-0.25, -0.2) is 0 Å². The Bertz CT molecular complexity index is 796. The van der Waals surface area contributed by atoms with E-state index in [4.69, 9.17) is 16.0 Å². The van der Waals surface area contributed by atoms with Gasteiger partial charge < -0.3 is 14.5 Å². The average Bonchev–Trinajstić information content (AvgIpc) is 2.95. The number of nitrogens with one attached hydrogen (secondary N) is 1. The number of rotatable bonds is 6. The average molecular weight is 348 g/mol. The molecule has 2 aromatic carbocycles. The molecule has 4 nitrogen and oxygen atoms in total. The Kier molecular flexibility index (Phi) is 5.30. The predicted octanol–water partition coefficient (Wildman–Crippen LogP) is 3.31. The molecule has 3 aromatic rings. The molecule has 0 spiro atoms. The standard InChI is InChI=1S/C16H15BClNO3S/c18-13-6-2-4-8-15(13)23-19-16(17(20)21)9-11-10-22-14-7-3-1-5-12(11)14/h1-8,10,16,19-21H,9H2/t16-/m0/s1. The van der Waals surface area contributed by atoms with Crippen molar-refractivity contribution in [3.05, 3.63) is 65.4 Å². The van der Waals surface area contributed by atoms with E-state index in [-0.39, 0.29) is 0 Å². The minimum Gasteiger partial charge on any atom is -0.464 e. The van der Waals surface area contributed by atoms with E-state index in [0.717, 1.165) is 21.4 Å². The third-order valence-corrected chi connectivity index (χ3v) is 4.96. The summed E-state index contributed by atoms with van der Waals surface area (Å²) in [7, 11) is -1.50. The molecule has 0 bridgehead atoms. The van der Waals surface area contributed by atoms with Crippen LogP contribution in [-0.2, 0) is 6.42 Å². The van der Waals surface area contributed by atoms with Gasteiger partial charge in [0.2, 0.25) is 0 Å². The first kappa shape index (κ1) is 16.4. The topological polar surface area (TPSA) is 65.6 Å². The molecule has 3 rings (SSSR count). The lowest BCUT2D eigenvalue weighted by atomic mass is 9.77. The van der Waals surface area contributed by atoms with Gasteiger partial charge in [0, 0.05) is 10.3 Å². The largest absolute Gasteiger partial charge is 0.470 e. The molecule has 1 heterocycles. The van der Waals surface area contributed by atoms with Crippen molar-refractivity contribution < 1.29 is 14.5 Å². The fourth-order valence-corrected chi connectivity index (χ4v) is 3.35. The Morgan fingerprint density at radius 2 is 1.87 bits per heavy atom. The number of hydrogen-bond donors (Lipinski definition) is 3. The smallest absolute Gasteiger partial charge is 0.464 e. The number of halogens is 1. The number of fused-ring (bicyclic) bond motifs is 1. The summed E-state index contributed by atoms with van der Waals surface area (Å²) in [5.41, 5.74) is 1.71. The van der Waals surface area contributed by atoms with Gasteiger partial charge in [0.05, 0.1) is 17.2 Å². The second kappa shape index (κ2) is 7.42. The Morgan fingerprint density at radius 1 is 1.13 bits per heavy atom. The zero-order valence-electron chi connectivity index (χ0n) is 12.1. The van der Waals surface area contributed by atoms with E-state index < -0.39 is 13.1 Å². The van der Waals surface area contributed by atoms with Gasteiger partial charge in [-0.3, -0.25) is 4.72 Å². The van der Waals surface area contributed by atoms with Crippen LogP contribution >= 0.6 is 23.5 Å². The van der Waals surface area contributed by atoms with Gasteiger partial charge in [-0.05, 0) is 42.1 Å². The minimum absolute atomic E-state index is 0.423. The van der Waals surface area contributed by atoms with Crippen molar-refractivity contribution in [2.45, 2.75) is 17.3 Å². The van der Waals surface area contributed by atoms with Crippen LogP contribution in [0.15, 0.2) is 64.1 Å². The second-order valence-electron chi connectivity index (χ2n) is 5.13. The highest BCUT2D eigenvalue weighted by Crippen LogP contribution is 2.26. The van der Waals surface area contributed by atoms with Crippen LogP contribution in [0.25, 0.3) is 11.0 Å². The van der Waals surface area contributed by atoms with Crippen LogP contribution in [0.2, 0.25) is 5.02 Å². The Hall–Kier alpha value is -1.44. The maximum Gasteiger partial charge on any atom is 0.470 e. The highest BCUT2D eigenvalue weighted by atomic mass is 35.5. The summed E-state index contributed by atoms with van der Waals surface area (Å²) < 4.78 is 8.56. The van der Waals surface area contributed by atoms with Crippen LogP contribution in [0.1, 0.15) is 5.56 Å². The van der Waals surface area contributed by atoms with Crippen LogP contribution < -0.4 is 4.72 Å². The fourth-order valence-electron chi connectivity index (χ4n) is 2.30. The quantitative estimate of drug-likeness (QED) is 0.471. The van der Waals surface area contributed by atoms with Crippen LogP contribution in [0.4, 0.5) is 0 Å². The third-order valence-electron chi connectivity index (χ3n) is 3.52. The summed E-state index contributed by atoms with van der Waals surface area (Å²) in [6.45, 7) is 0. The summed E-state index contributed by atoms with van der Waals surface area (Å²) in [6, 6.07) is 15.1. The van der Waals surface area contributed by atoms with Gasteiger partial charge in [0.1, 0.15) is 5.58 Å². The molecule has 0 fully saturated rings. The van der Waals surface area contributed by atoms with Crippen molar-refractivity contribution in [1.29, 1.82) is 0 Å². The Labute approximate surface area is 143 Å². The van der Waals surface area contributed by atoms with E-state index in [9.17, 15) is 10.0 Å². The monoisotopic (exact) mass is 347 g/mol. The molecule has 1 atom stereocenters. The summed E-state index contributed by atoms with van der Waals surface area (Å²) >= 11 is 7.39. The van der Waals surface area contributed by atoms with Crippen molar-refractivity contribution in [2.75, 3.05) is 0 Å². The molecule has 0 saturated heterocycles. The molecule has 0 amide bonds. The highest BCUT2D eigenvalue weighted by molar-refractivity contribution is 7.97. The molecule has 0 saturated carbocycles. The van der Waals surface area contributed by atoms with Crippen molar-refractivity contribution in [1.82, 2.24) is 4.72 Å². The maximum absolute atomic E-state index is 9.65. The van der Waals surface area contributed by atoms with E-state index >= 15 is 0 Å². The molecule has 1 aromatic heterocycles. The summed E-state index contributed by atoms with van der Waals surface area (Å²) in [5, 5.41) is 20.9. The molecular weight excluding hydrogens is 333 g/mol. The van der Waals surface area contributed by atoms with Gasteiger partial charge >= 0.3 is 7.12 Å². The molecule has 118 valence electrons. The molecule has 3 N–H and O–H groups in total. The lowest BCUT2D eigenvalue weighted by Gasteiger charge is -2.17. The van der Waals surface area contributed by atoms with Crippen molar-refractivity contribution in [3.8, 4) is 0 Å². The molecule has 0 aliphatic carbocycles. The SMILES string of the molecule is OB(O)[C@H](Cc1coc2ccccc12)NSc1ccccc1Cl. The molecule has 23 heavy (non-hydrogen) atoms. The van der Waals surface area contributed by atoms with Crippen LogP contribution in [0, 0.1) is 0 Å². The van der Waals surface area contributed by atoms with Crippen molar-refractivity contribution >= 4 is 41.6 Å². The van der Waals surface area contributed by atoms with E-state index in [1.807, 2.05) is 42.5 Å². The van der Waals surface area contributed by atoms with Gasteiger partial charge in [-0.1, -0.05) is 41.9 Å². The minimum atomic E-state index is -1.50. The van der Waals surface area contributed by atoms with E-state index in [2.05, 4.69) is 4.72 Å². The summed E-state index contributed by atoms with van der Waals surface area (Å²) in [6.07, 6.45) is 2.08. The molecule has 7 heteroatoms. The third kappa shape index (κ3) is 3.91. The van der Waals surface area contributed by atoms with Crippen LogP contribution in [0.3, 0.4) is 0 Å². The number of para-hydroxylation sites is 1. The lowest BCUT2D eigenvalue weighted by molar-refractivity contribution is 0.382. The normalized spacial score (nSPS) is 12.5. The molecular formula is C16H15BClNO3S. The van der Waals surface area contributed by atoms with Crippen molar-refractivity contribution in [3.63, 3.8) is 0 Å². The second-order valence-corrected chi connectivity index (χ2v) is 6.42. The number of furan rings is 1. The first-order chi connectivity index (χ1) is 11.1. The molecule has 0 aliphatic heterocycles. The highest BCUT2D eigenvalue weighted by Gasteiger charge is 2.25. The van der Waals surface area contributed by atoms with Gasteiger partial charge in [0.25, 0.3) is 0 Å². The van der Waals surface area contributed by atoms with Crippen LogP contribution in [-0.4, -0.2) is 23.1 Å². The Balaban J connectivity index is 1.73. The van der Waals surface area contributed by atoms with Crippen LogP contribution in [0.5, 0.6) is 0 Å². The van der Waals surface area contributed by atoms with E-state index in [0.29, 0.717) is 11.4 Å². The van der Waals surface area contributed by atoms with Gasteiger partial charge in [-0.2, -0.15) is 0 Å². The van der Waals surface area contributed by atoms with Gasteiger partial charge in [-0.15, -0.1) is 0 Å². The number of benzene rings is 2. The fraction of sp³-hybridized carbons (Fsp3) is 0.125. The molecule has 0 aliphatic rings. The lowest BCUT2D eigenvalue weighted by Crippen LogP contribution is -2.42. The van der Waals surface area contributed by atoms with Crippen molar-refractivity contribution in [2.24, 2.45) is 0 Å². The zero-order chi connectivity index (χ0) is 16.2. The maximum atomic E-state index is 9.65. The Morgan fingerprint density at radius 3 is 2.65 bits per heavy atom. The summed E-state index contributed by atoms with van der Waals surface area (Å²) in [4.78, 5) is 0.830. The van der Waals surface area contributed by atoms with E-state index in [1.54, 1.807) is 12.3 Å². The molecule has 0 radical (unpaired) electrons. The first-order valence-electron chi connectivity index (χ1n) is 7.13. The van der Waals surface area contributed by atoms with Gasteiger partial charge in [0.15, 0.2) is 0 Å². The first-order valence-corrected chi connectivity index (χ1v) is 8.33. The summed E-state index contributed by atoms with van der Waals surface area (Å²) in [5.74, 6) is -0.558. The van der Waals surface area contributed by atoms with E-state index in [1.165, 1.54) is 11.9 Å². The zero-order valence-corrected chi connectivity index (χ0v) is 13.7. The number of hydrogen-bond acceptors (Lipinski definition) is 5. The predicted molar refractivity (Wildman–Crippen MR) is 94.3 cm³/mol.